The van der Waals surface area contributed by atoms with Crippen LogP contribution in [-0.4, -0.2) is 22.5 Å². The maximum absolute atomic E-state index is 13.3. The first-order chi connectivity index (χ1) is 8.97. The number of rotatable bonds is 7. The lowest BCUT2D eigenvalue weighted by Gasteiger charge is -2.13. The highest BCUT2D eigenvalue weighted by atomic mass is 19.1. The van der Waals surface area contributed by atoms with Crippen molar-refractivity contribution in [2.24, 2.45) is 5.92 Å². The molecule has 0 bridgehead atoms. The summed E-state index contributed by atoms with van der Waals surface area (Å²) in [7, 11) is 0. The van der Waals surface area contributed by atoms with E-state index < -0.39 is 28.3 Å². The molecule has 0 fully saturated rings. The van der Waals surface area contributed by atoms with Gasteiger partial charge in [-0.1, -0.05) is 19.4 Å². The Balaban J connectivity index is 2.85. The summed E-state index contributed by atoms with van der Waals surface area (Å²) in [6, 6.07) is 3.68. The van der Waals surface area contributed by atoms with E-state index in [1.165, 1.54) is 12.1 Å². The van der Waals surface area contributed by atoms with Crippen molar-refractivity contribution >= 4 is 17.3 Å². The Bertz CT molecular complexity index is 479. The van der Waals surface area contributed by atoms with Crippen LogP contribution in [0.3, 0.4) is 0 Å². The number of para-hydroxylation sites is 1. The molecule has 6 nitrogen and oxygen atoms in total. The molecular formula is C12H15FN2O4. The van der Waals surface area contributed by atoms with Gasteiger partial charge >= 0.3 is 11.7 Å². The number of nitrogens with zero attached hydrogens (tertiary/aromatic N) is 1. The van der Waals surface area contributed by atoms with Crippen LogP contribution in [0, 0.1) is 21.8 Å². The van der Waals surface area contributed by atoms with Crippen LogP contribution in [-0.2, 0) is 4.79 Å². The minimum atomic E-state index is -0.978. The highest BCUT2D eigenvalue weighted by Gasteiger charge is 2.22. The van der Waals surface area contributed by atoms with Crippen molar-refractivity contribution in [3.05, 3.63) is 34.1 Å². The fourth-order valence-corrected chi connectivity index (χ4v) is 1.74. The van der Waals surface area contributed by atoms with E-state index in [0.717, 1.165) is 6.07 Å². The topological polar surface area (TPSA) is 92.5 Å². The van der Waals surface area contributed by atoms with Crippen LogP contribution in [0.5, 0.6) is 0 Å². The second kappa shape index (κ2) is 6.67. The zero-order valence-electron chi connectivity index (χ0n) is 10.4. The smallest absolute Gasteiger partial charge is 0.327 e. The molecule has 104 valence electrons. The van der Waals surface area contributed by atoms with Gasteiger partial charge in [0.15, 0.2) is 0 Å². The highest BCUT2D eigenvalue weighted by molar-refractivity contribution is 5.71. The van der Waals surface area contributed by atoms with Gasteiger partial charge in [-0.05, 0) is 18.6 Å². The Morgan fingerprint density at radius 3 is 2.79 bits per heavy atom. The molecule has 0 aliphatic heterocycles. The van der Waals surface area contributed by atoms with Crippen molar-refractivity contribution in [3.63, 3.8) is 0 Å². The van der Waals surface area contributed by atoms with E-state index in [1.54, 1.807) is 0 Å². The van der Waals surface area contributed by atoms with E-state index >= 15 is 0 Å². The molecule has 0 aliphatic carbocycles. The molecular weight excluding hydrogens is 255 g/mol. The van der Waals surface area contributed by atoms with E-state index in [1.807, 2.05) is 6.92 Å². The lowest BCUT2D eigenvalue weighted by molar-refractivity contribution is -0.386. The summed E-state index contributed by atoms with van der Waals surface area (Å²) in [6.45, 7) is 1.87. The molecule has 19 heavy (non-hydrogen) atoms. The highest BCUT2D eigenvalue weighted by Crippen LogP contribution is 2.27. The minimum Gasteiger partial charge on any atom is -0.481 e. The Morgan fingerprint density at radius 1 is 1.58 bits per heavy atom. The van der Waals surface area contributed by atoms with Crippen LogP contribution in [0.2, 0.25) is 0 Å². The third-order valence-electron chi connectivity index (χ3n) is 2.69. The average molecular weight is 270 g/mol. The molecule has 1 atom stereocenters. The monoisotopic (exact) mass is 270 g/mol. The van der Waals surface area contributed by atoms with E-state index in [4.69, 9.17) is 5.11 Å². The Hall–Kier alpha value is -2.18. The van der Waals surface area contributed by atoms with E-state index in [-0.39, 0.29) is 12.2 Å². The van der Waals surface area contributed by atoms with Crippen molar-refractivity contribution in [1.82, 2.24) is 0 Å². The van der Waals surface area contributed by atoms with Gasteiger partial charge in [-0.3, -0.25) is 14.9 Å². The van der Waals surface area contributed by atoms with E-state index in [2.05, 4.69) is 5.32 Å². The molecule has 0 saturated heterocycles. The Labute approximate surface area is 109 Å². The maximum Gasteiger partial charge on any atom is 0.327 e. The molecule has 7 heteroatoms. The number of aliphatic carboxylic acids is 1. The largest absolute Gasteiger partial charge is 0.481 e. The Morgan fingerprint density at radius 2 is 2.26 bits per heavy atom. The van der Waals surface area contributed by atoms with Crippen LogP contribution >= 0.6 is 0 Å². The third kappa shape index (κ3) is 3.90. The van der Waals surface area contributed by atoms with Crippen LogP contribution in [0.15, 0.2) is 18.2 Å². The second-order valence-corrected chi connectivity index (χ2v) is 4.10. The average Bonchev–Trinajstić information content (AvgIpc) is 2.33. The molecule has 0 heterocycles. The quantitative estimate of drug-likeness (QED) is 0.587. The molecule has 2 N–H and O–H groups in total. The molecule has 1 unspecified atom stereocenters. The number of halogens is 1. The van der Waals surface area contributed by atoms with Gasteiger partial charge in [0, 0.05) is 6.54 Å². The summed E-state index contributed by atoms with van der Waals surface area (Å²) in [5, 5.41) is 22.4. The number of hydrogen-bond acceptors (Lipinski definition) is 4. The first-order valence-corrected chi connectivity index (χ1v) is 5.87. The zero-order valence-corrected chi connectivity index (χ0v) is 10.4. The number of carbonyl (C=O) groups is 1. The Kier molecular flexibility index (Phi) is 5.23. The predicted molar refractivity (Wildman–Crippen MR) is 67.6 cm³/mol. The summed E-state index contributed by atoms with van der Waals surface area (Å²) in [5.41, 5.74) is -0.671. The van der Waals surface area contributed by atoms with Gasteiger partial charge in [-0.15, -0.1) is 0 Å². The molecule has 0 amide bonds. The zero-order chi connectivity index (χ0) is 14.4. The van der Waals surface area contributed by atoms with Crippen LogP contribution < -0.4 is 5.32 Å². The number of hydrogen-bond donors (Lipinski definition) is 2. The molecule has 1 aromatic carbocycles. The lowest BCUT2D eigenvalue weighted by atomic mass is 10.0. The van der Waals surface area contributed by atoms with Gasteiger partial charge in [-0.25, -0.2) is 0 Å². The number of carboxylic acids is 1. The molecule has 0 saturated carbocycles. The predicted octanol–water partition coefficient (Wildman–Crippen LogP) is 2.65. The standard InChI is InChI=1S/C12H15FN2O4/c1-2-4-8(12(16)17)7-14-10-6-3-5-9(13)11(10)15(18)19/h3,5-6,8,14H,2,4,7H2,1H3,(H,16,17). The normalized spacial score (nSPS) is 11.9. The molecule has 0 radical (unpaired) electrons. The molecule has 0 aromatic heterocycles. The number of nitro benzene ring substituents is 1. The van der Waals surface area contributed by atoms with Gasteiger partial charge in [0.05, 0.1) is 10.8 Å². The molecule has 0 aliphatic rings. The summed E-state index contributed by atoms with van der Waals surface area (Å²) in [4.78, 5) is 20.9. The van der Waals surface area contributed by atoms with Crippen LogP contribution in [0.4, 0.5) is 15.8 Å². The van der Waals surface area contributed by atoms with Gasteiger partial charge in [-0.2, -0.15) is 4.39 Å². The summed E-state index contributed by atoms with van der Waals surface area (Å²) >= 11 is 0. The number of benzene rings is 1. The van der Waals surface area contributed by atoms with Gasteiger partial charge in [0.25, 0.3) is 0 Å². The number of carboxylic acid groups (broad SMARTS) is 1. The summed E-state index contributed by atoms with van der Waals surface area (Å²) < 4.78 is 13.3. The number of nitro groups is 1. The van der Waals surface area contributed by atoms with Crippen molar-refractivity contribution < 1.29 is 19.2 Å². The first-order valence-electron chi connectivity index (χ1n) is 5.87. The number of nitrogens with one attached hydrogen (secondary N) is 1. The maximum atomic E-state index is 13.3. The van der Waals surface area contributed by atoms with Crippen molar-refractivity contribution in [3.8, 4) is 0 Å². The van der Waals surface area contributed by atoms with Crippen LogP contribution in [0.1, 0.15) is 19.8 Å². The summed E-state index contributed by atoms with van der Waals surface area (Å²) in [5.74, 6) is -2.58. The van der Waals surface area contributed by atoms with Crippen LogP contribution in [0.25, 0.3) is 0 Å². The fraction of sp³-hybridized carbons (Fsp3) is 0.417. The number of anilines is 1. The van der Waals surface area contributed by atoms with E-state index in [9.17, 15) is 19.3 Å². The van der Waals surface area contributed by atoms with Crippen molar-refractivity contribution in [2.75, 3.05) is 11.9 Å². The minimum absolute atomic E-state index is 0.00708. The van der Waals surface area contributed by atoms with Crippen molar-refractivity contribution in [1.29, 1.82) is 0 Å². The summed E-state index contributed by atoms with van der Waals surface area (Å²) in [6.07, 6.45) is 1.13. The fourth-order valence-electron chi connectivity index (χ4n) is 1.74. The molecule has 1 rings (SSSR count). The first kappa shape index (κ1) is 14.9. The molecule has 1 aromatic rings. The second-order valence-electron chi connectivity index (χ2n) is 4.10. The van der Waals surface area contributed by atoms with Gasteiger partial charge in [0.2, 0.25) is 5.82 Å². The SMILES string of the molecule is CCCC(CNc1cccc(F)c1[N+](=O)[O-])C(=O)O. The van der Waals surface area contributed by atoms with E-state index in [0.29, 0.717) is 12.8 Å². The van der Waals surface area contributed by atoms with Gasteiger partial charge < -0.3 is 10.4 Å². The molecule has 0 spiro atoms. The lowest BCUT2D eigenvalue weighted by Crippen LogP contribution is -2.23. The van der Waals surface area contributed by atoms with Crippen molar-refractivity contribution in [2.45, 2.75) is 19.8 Å². The third-order valence-corrected chi connectivity index (χ3v) is 2.69. The van der Waals surface area contributed by atoms with Gasteiger partial charge in [0.1, 0.15) is 5.69 Å².